The molecule has 46 valence electrons. The van der Waals surface area contributed by atoms with Gasteiger partial charge in [0.2, 0.25) is 0 Å². The molecule has 0 saturated carbocycles. The molecule has 0 bridgehead atoms. The fraction of sp³-hybridized carbons (Fsp3) is 0.500. The summed E-state index contributed by atoms with van der Waals surface area (Å²) in [7, 11) is 0. The zero-order valence-electron chi connectivity index (χ0n) is 4.80. The van der Waals surface area contributed by atoms with Crippen LogP contribution in [0.25, 0.3) is 0 Å². The highest BCUT2D eigenvalue weighted by Crippen LogP contribution is 1.74. The molecule has 0 aliphatic heterocycles. The Balaban J connectivity index is 3.70. The predicted octanol–water partition coefficient (Wildman–Crippen LogP) is 0.566. The molecule has 4 nitrogen and oxygen atoms in total. The van der Waals surface area contributed by atoms with Gasteiger partial charge in [0, 0.05) is 5.71 Å². The lowest BCUT2D eigenvalue weighted by molar-refractivity contribution is 0.169. The molecular formula is C4H8N2O2. The molecule has 0 aromatic rings. The average Bonchev–Trinajstić information content (AvgIpc) is 1.65. The third kappa shape index (κ3) is 3.30. The number of nitrogens with zero attached hydrogens (tertiary/aromatic N) is 1. The minimum atomic E-state index is -0.731. The van der Waals surface area contributed by atoms with Gasteiger partial charge in [0.1, 0.15) is 0 Å². The first kappa shape index (κ1) is 7.10. The van der Waals surface area contributed by atoms with Gasteiger partial charge in [-0.2, -0.15) is 0 Å². The number of carbonyl (C=O) groups is 1. The molecule has 8 heavy (non-hydrogen) atoms. The summed E-state index contributed by atoms with van der Waals surface area (Å²) in [6, 6.07) is -0.731. The van der Waals surface area contributed by atoms with Gasteiger partial charge >= 0.3 is 6.03 Å². The van der Waals surface area contributed by atoms with Crippen LogP contribution in [0.3, 0.4) is 0 Å². The van der Waals surface area contributed by atoms with E-state index >= 15 is 0 Å². The first-order valence-electron chi connectivity index (χ1n) is 2.12. The zero-order chi connectivity index (χ0) is 6.57. The monoisotopic (exact) mass is 116 g/mol. The van der Waals surface area contributed by atoms with Crippen LogP contribution in [0.1, 0.15) is 13.8 Å². The van der Waals surface area contributed by atoms with Crippen LogP contribution in [-0.2, 0) is 0 Å². The van der Waals surface area contributed by atoms with Gasteiger partial charge in [0.15, 0.2) is 0 Å². The van der Waals surface area contributed by atoms with Crippen molar-refractivity contribution in [3.8, 4) is 0 Å². The smallest absolute Gasteiger partial charge is 0.287 e. The summed E-state index contributed by atoms with van der Waals surface area (Å²) < 4.78 is 0. The second-order valence-corrected chi connectivity index (χ2v) is 1.48. The van der Waals surface area contributed by atoms with Gasteiger partial charge in [-0.25, -0.2) is 15.3 Å². The van der Waals surface area contributed by atoms with Crippen molar-refractivity contribution in [2.24, 2.45) is 4.99 Å². The molecule has 0 atom stereocenters. The Morgan fingerprint density at radius 2 is 2.12 bits per heavy atom. The molecule has 0 aliphatic carbocycles. The normalized spacial score (nSPS) is 7.88. The SMILES string of the molecule is CC(C)=NC(=O)NO. The lowest BCUT2D eigenvalue weighted by Crippen LogP contribution is -2.14. The Morgan fingerprint density at radius 3 is 2.25 bits per heavy atom. The molecule has 2 N–H and O–H groups in total. The summed E-state index contributed by atoms with van der Waals surface area (Å²) in [5, 5.41) is 7.88. The van der Waals surface area contributed by atoms with E-state index in [0.717, 1.165) is 0 Å². The van der Waals surface area contributed by atoms with Crippen LogP contribution in [0.4, 0.5) is 4.79 Å². The number of hydrogen-bond acceptors (Lipinski definition) is 2. The minimum absolute atomic E-state index is 0.608. The third-order valence-electron chi connectivity index (χ3n) is 0.421. The Morgan fingerprint density at radius 1 is 1.62 bits per heavy atom. The number of urea groups is 1. The van der Waals surface area contributed by atoms with E-state index in [0.29, 0.717) is 5.71 Å². The predicted molar refractivity (Wildman–Crippen MR) is 29.1 cm³/mol. The van der Waals surface area contributed by atoms with Crippen molar-refractivity contribution in [2.75, 3.05) is 0 Å². The number of hydroxylamine groups is 1. The summed E-state index contributed by atoms with van der Waals surface area (Å²) >= 11 is 0. The van der Waals surface area contributed by atoms with E-state index in [2.05, 4.69) is 4.99 Å². The van der Waals surface area contributed by atoms with Crippen LogP contribution in [0.5, 0.6) is 0 Å². The van der Waals surface area contributed by atoms with Crippen LogP contribution in [0.15, 0.2) is 4.99 Å². The summed E-state index contributed by atoms with van der Waals surface area (Å²) in [6.07, 6.45) is 0. The maximum absolute atomic E-state index is 10.1. The van der Waals surface area contributed by atoms with Crippen molar-refractivity contribution in [1.29, 1.82) is 0 Å². The van der Waals surface area contributed by atoms with Crippen molar-refractivity contribution in [2.45, 2.75) is 13.8 Å². The summed E-state index contributed by atoms with van der Waals surface area (Å²) in [4.78, 5) is 13.4. The maximum atomic E-state index is 10.1. The molecule has 0 fully saturated rings. The van der Waals surface area contributed by atoms with Crippen LogP contribution < -0.4 is 5.48 Å². The quantitative estimate of drug-likeness (QED) is 0.276. The van der Waals surface area contributed by atoms with Crippen molar-refractivity contribution in [3.63, 3.8) is 0 Å². The molecular weight excluding hydrogens is 108 g/mol. The topological polar surface area (TPSA) is 61.7 Å². The third-order valence-corrected chi connectivity index (χ3v) is 0.421. The van der Waals surface area contributed by atoms with Crippen LogP contribution >= 0.6 is 0 Å². The molecule has 2 amide bonds. The second-order valence-electron chi connectivity index (χ2n) is 1.48. The fourth-order valence-corrected chi connectivity index (χ4v) is 0.228. The van der Waals surface area contributed by atoms with E-state index in [1.54, 1.807) is 13.8 Å². The molecule has 0 spiro atoms. The van der Waals surface area contributed by atoms with Gasteiger partial charge in [0.25, 0.3) is 0 Å². The zero-order valence-corrected chi connectivity index (χ0v) is 4.80. The number of aliphatic imine (C=N–C) groups is 1. The molecule has 0 aromatic carbocycles. The molecule has 0 saturated heterocycles. The van der Waals surface area contributed by atoms with Crippen molar-refractivity contribution in [3.05, 3.63) is 0 Å². The summed E-state index contributed by atoms with van der Waals surface area (Å²) in [6.45, 7) is 3.32. The lowest BCUT2D eigenvalue weighted by Gasteiger charge is -1.87. The molecule has 0 aliphatic rings. The number of carbonyl (C=O) groups excluding carboxylic acids is 1. The van der Waals surface area contributed by atoms with E-state index in [4.69, 9.17) is 5.21 Å². The molecule has 0 aromatic heterocycles. The van der Waals surface area contributed by atoms with E-state index in [1.807, 2.05) is 0 Å². The highest BCUT2D eigenvalue weighted by atomic mass is 16.5. The largest absolute Gasteiger partial charge is 0.364 e. The van der Waals surface area contributed by atoms with Crippen LogP contribution in [-0.4, -0.2) is 17.0 Å². The van der Waals surface area contributed by atoms with E-state index in [1.165, 1.54) is 5.48 Å². The number of nitrogens with one attached hydrogen (secondary N) is 1. The Bertz CT molecular complexity index is 115. The summed E-state index contributed by atoms with van der Waals surface area (Å²) in [5.74, 6) is 0. The maximum Gasteiger partial charge on any atom is 0.364 e. The van der Waals surface area contributed by atoms with Crippen molar-refractivity contribution < 1.29 is 10.0 Å². The minimum Gasteiger partial charge on any atom is -0.287 e. The Labute approximate surface area is 47.2 Å². The van der Waals surface area contributed by atoms with E-state index in [-0.39, 0.29) is 0 Å². The summed E-state index contributed by atoms with van der Waals surface area (Å²) in [5.41, 5.74) is 1.98. The standard InChI is InChI=1S/C4H8N2O2/c1-3(2)5-4(7)6-8/h8H,1-2H3,(H,6,7). The Kier molecular flexibility index (Phi) is 2.79. The van der Waals surface area contributed by atoms with Gasteiger partial charge in [-0.1, -0.05) is 0 Å². The Hall–Kier alpha value is -0.900. The molecule has 4 heteroatoms. The highest BCUT2D eigenvalue weighted by Gasteiger charge is 1.89. The van der Waals surface area contributed by atoms with Gasteiger partial charge < -0.3 is 0 Å². The van der Waals surface area contributed by atoms with Gasteiger partial charge in [-0.3, -0.25) is 5.21 Å². The van der Waals surface area contributed by atoms with Crippen LogP contribution in [0.2, 0.25) is 0 Å². The number of hydrogen-bond donors (Lipinski definition) is 2. The number of rotatable bonds is 0. The molecule has 0 rings (SSSR count). The van der Waals surface area contributed by atoms with Crippen molar-refractivity contribution in [1.82, 2.24) is 5.48 Å². The first-order valence-corrected chi connectivity index (χ1v) is 2.12. The second kappa shape index (κ2) is 3.15. The van der Waals surface area contributed by atoms with E-state index < -0.39 is 6.03 Å². The van der Waals surface area contributed by atoms with Gasteiger partial charge in [-0.15, -0.1) is 0 Å². The first-order chi connectivity index (χ1) is 3.66. The highest BCUT2D eigenvalue weighted by molar-refractivity contribution is 5.91. The molecule has 0 radical (unpaired) electrons. The van der Waals surface area contributed by atoms with Crippen molar-refractivity contribution >= 4 is 11.7 Å². The molecule has 0 unspecified atom stereocenters. The fourth-order valence-electron chi connectivity index (χ4n) is 0.228. The van der Waals surface area contributed by atoms with Gasteiger partial charge in [-0.05, 0) is 13.8 Å². The number of amides is 2. The lowest BCUT2D eigenvalue weighted by atomic mass is 10.5. The molecule has 0 heterocycles. The van der Waals surface area contributed by atoms with E-state index in [9.17, 15) is 4.79 Å². The van der Waals surface area contributed by atoms with Gasteiger partial charge in [0.05, 0.1) is 0 Å². The average molecular weight is 116 g/mol. The van der Waals surface area contributed by atoms with Crippen LogP contribution in [0, 0.1) is 0 Å².